The molecule has 0 bridgehead atoms. The molecule has 114 valence electrons. The van der Waals surface area contributed by atoms with E-state index < -0.39 is 10.0 Å². The lowest BCUT2D eigenvalue weighted by molar-refractivity contribution is 0.414. The van der Waals surface area contributed by atoms with Gasteiger partial charge in [-0.2, -0.15) is 0 Å². The van der Waals surface area contributed by atoms with Gasteiger partial charge in [0.15, 0.2) is 11.5 Å². The van der Waals surface area contributed by atoms with Crippen molar-refractivity contribution in [2.45, 2.75) is 11.4 Å². The number of rotatable bonds is 5. The van der Waals surface area contributed by atoms with Gasteiger partial charge >= 0.3 is 0 Å². The number of benzene rings is 1. The first-order chi connectivity index (χ1) is 10.6. The molecule has 3 rings (SSSR count). The maximum atomic E-state index is 12.3. The number of hydrogen-bond acceptors (Lipinski definition) is 5. The quantitative estimate of drug-likeness (QED) is 0.764. The minimum Gasteiger partial charge on any atom is -0.497 e. The molecule has 3 aromatic rings. The van der Waals surface area contributed by atoms with Gasteiger partial charge in [-0.1, -0.05) is 6.07 Å². The van der Waals surface area contributed by atoms with Crippen molar-refractivity contribution < 1.29 is 13.2 Å². The van der Waals surface area contributed by atoms with E-state index >= 15 is 0 Å². The van der Waals surface area contributed by atoms with Crippen molar-refractivity contribution >= 4 is 15.7 Å². The molecule has 2 aromatic heterocycles. The highest BCUT2D eigenvalue weighted by atomic mass is 32.2. The molecule has 8 heteroatoms. The Bertz CT molecular complexity index is 888. The molecule has 7 nitrogen and oxygen atoms in total. The highest BCUT2D eigenvalue weighted by molar-refractivity contribution is 7.89. The monoisotopic (exact) mass is 318 g/mol. The van der Waals surface area contributed by atoms with Gasteiger partial charge in [0.25, 0.3) is 0 Å². The maximum Gasteiger partial charge on any atom is 0.240 e. The second kappa shape index (κ2) is 5.74. The molecule has 1 aromatic carbocycles. The molecule has 0 saturated carbocycles. The summed E-state index contributed by atoms with van der Waals surface area (Å²) in [5, 5.41) is 7.96. The minimum absolute atomic E-state index is 0.0551. The van der Waals surface area contributed by atoms with Crippen LogP contribution in [0.2, 0.25) is 0 Å². The van der Waals surface area contributed by atoms with Gasteiger partial charge in [0, 0.05) is 6.20 Å². The number of sulfonamides is 1. The van der Waals surface area contributed by atoms with E-state index in [1.807, 2.05) is 12.1 Å². The van der Waals surface area contributed by atoms with Crippen LogP contribution < -0.4 is 9.46 Å². The van der Waals surface area contributed by atoms with Crippen LogP contribution in [-0.2, 0) is 16.6 Å². The van der Waals surface area contributed by atoms with Crippen molar-refractivity contribution in [3.05, 3.63) is 54.5 Å². The molecule has 0 atom stereocenters. The Kier molecular flexibility index (Phi) is 3.78. The summed E-state index contributed by atoms with van der Waals surface area (Å²) in [4.78, 5) is 0.169. The first kappa shape index (κ1) is 14.5. The lowest BCUT2D eigenvalue weighted by Crippen LogP contribution is -2.24. The number of pyridine rings is 1. The Morgan fingerprint density at radius 2 is 1.91 bits per heavy atom. The molecule has 0 spiro atoms. The minimum atomic E-state index is -3.62. The van der Waals surface area contributed by atoms with Crippen molar-refractivity contribution in [2.75, 3.05) is 7.11 Å². The Morgan fingerprint density at radius 3 is 2.64 bits per heavy atom. The van der Waals surface area contributed by atoms with Crippen LogP contribution in [0, 0.1) is 0 Å². The van der Waals surface area contributed by atoms with Gasteiger partial charge in [0.1, 0.15) is 5.75 Å². The fourth-order valence-electron chi connectivity index (χ4n) is 2.01. The van der Waals surface area contributed by atoms with E-state index in [0.717, 1.165) is 0 Å². The molecule has 0 radical (unpaired) electrons. The number of aromatic nitrogens is 3. The first-order valence-electron chi connectivity index (χ1n) is 6.52. The Balaban J connectivity index is 1.79. The first-order valence-corrected chi connectivity index (χ1v) is 8.01. The molecule has 22 heavy (non-hydrogen) atoms. The number of methoxy groups -OCH3 is 1. The summed E-state index contributed by atoms with van der Waals surface area (Å²) in [7, 11) is -2.09. The number of hydrogen-bond donors (Lipinski definition) is 1. The summed E-state index contributed by atoms with van der Waals surface area (Å²) in [5.41, 5.74) is 0.668. The fourth-order valence-corrected chi connectivity index (χ4v) is 2.99. The van der Waals surface area contributed by atoms with Crippen LogP contribution >= 0.6 is 0 Å². The van der Waals surface area contributed by atoms with Crippen molar-refractivity contribution in [2.24, 2.45) is 0 Å². The lowest BCUT2D eigenvalue weighted by atomic mass is 10.3. The van der Waals surface area contributed by atoms with Crippen molar-refractivity contribution in [3.63, 3.8) is 0 Å². The summed E-state index contributed by atoms with van der Waals surface area (Å²) >= 11 is 0. The average molecular weight is 318 g/mol. The van der Waals surface area contributed by atoms with E-state index in [0.29, 0.717) is 17.2 Å². The Hall–Kier alpha value is -2.45. The highest BCUT2D eigenvalue weighted by Gasteiger charge is 2.15. The molecule has 0 aliphatic carbocycles. The summed E-state index contributed by atoms with van der Waals surface area (Å²) in [5.74, 6) is 1.12. The van der Waals surface area contributed by atoms with Gasteiger partial charge in [-0.25, -0.2) is 13.1 Å². The Morgan fingerprint density at radius 1 is 1.14 bits per heavy atom. The molecule has 1 N–H and O–H groups in total. The van der Waals surface area contributed by atoms with Crippen LogP contribution in [0.25, 0.3) is 5.65 Å². The molecular formula is C14H14N4O3S. The molecule has 2 heterocycles. The standard InChI is InChI=1S/C14H14N4O3S/c1-21-11-5-7-12(8-6-11)22(19,20)15-10-14-17-16-13-4-2-3-9-18(13)14/h2-9,15H,10H2,1H3. The summed E-state index contributed by atoms with van der Waals surface area (Å²) in [6.07, 6.45) is 1.78. The third-order valence-corrected chi connectivity index (χ3v) is 4.59. The van der Waals surface area contributed by atoms with E-state index in [-0.39, 0.29) is 11.4 Å². The Labute approximate surface area is 127 Å². The lowest BCUT2D eigenvalue weighted by Gasteiger charge is -2.06. The third-order valence-electron chi connectivity index (χ3n) is 3.17. The summed E-state index contributed by atoms with van der Waals surface area (Å²) in [6.45, 7) is 0.0551. The van der Waals surface area contributed by atoms with E-state index in [4.69, 9.17) is 4.74 Å². The van der Waals surface area contributed by atoms with Crippen LogP contribution in [0.5, 0.6) is 5.75 Å². The van der Waals surface area contributed by atoms with Gasteiger partial charge in [-0.3, -0.25) is 4.40 Å². The second-order valence-corrected chi connectivity index (χ2v) is 6.31. The van der Waals surface area contributed by atoms with Crippen LogP contribution in [0.15, 0.2) is 53.6 Å². The van der Waals surface area contributed by atoms with Crippen molar-refractivity contribution in [1.29, 1.82) is 0 Å². The fraction of sp³-hybridized carbons (Fsp3) is 0.143. The molecule has 0 aliphatic rings. The zero-order valence-corrected chi connectivity index (χ0v) is 12.6. The number of nitrogens with one attached hydrogen (secondary N) is 1. The van der Waals surface area contributed by atoms with Gasteiger partial charge in [-0.15, -0.1) is 10.2 Å². The largest absolute Gasteiger partial charge is 0.497 e. The maximum absolute atomic E-state index is 12.3. The summed E-state index contributed by atoms with van der Waals surface area (Å²) in [6, 6.07) is 11.6. The van der Waals surface area contributed by atoms with Crippen LogP contribution in [0.4, 0.5) is 0 Å². The second-order valence-electron chi connectivity index (χ2n) is 4.55. The van der Waals surface area contributed by atoms with Crippen LogP contribution in [0.3, 0.4) is 0 Å². The normalized spacial score (nSPS) is 11.7. The van der Waals surface area contributed by atoms with Crippen molar-refractivity contribution in [1.82, 2.24) is 19.3 Å². The summed E-state index contributed by atoms with van der Waals surface area (Å²) < 4.78 is 33.8. The van der Waals surface area contributed by atoms with Gasteiger partial charge in [-0.05, 0) is 36.4 Å². The zero-order valence-electron chi connectivity index (χ0n) is 11.8. The topological polar surface area (TPSA) is 85.6 Å². The van der Waals surface area contributed by atoms with Gasteiger partial charge in [0.2, 0.25) is 10.0 Å². The van der Waals surface area contributed by atoms with E-state index in [2.05, 4.69) is 14.9 Å². The number of ether oxygens (including phenoxy) is 1. The number of nitrogens with zero attached hydrogens (tertiary/aromatic N) is 3. The van der Waals surface area contributed by atoms with E-state index in [1.165, 1.54) is 19.2 Å². The predicted octanol–water partition coefficient (Wildman–Crippen LogP) is 1.22. The SMILES string of the molecule is COc1ccc(S(=O)(=O)NCc2nnc3ccccn23)cc1. The zero-order chi connectivity index (χ0) is 15.6. The van der Waals surface area contributed by atoms with Crippen LogP contribution in [0.1, 0.15) is 5.82 Å². The third kappa shape index (κ3) is 2.78. The molecule has 0 amide bonds. The van der Waals surface area contributed by atoms with Crippen LogP contribution in [-0.4, -0.2) is 30.1 Å². The van der Waals surface area contributed by atoms with Crippen molar-refractivity contribution in [3.8, 4) is 5.75 Å². The molecule has 0 aliphatic heterocycles. The molecule has 0 unspecified atom stereocenters. The van der Waals surface area contributed by atoms with E-state index in [9.17, 15) is 8.42 Å². The highest BCUT2D eigenvalue weighted by Crippen LogP contribution is 2.15. The smallest absolute Gasteiger partial charge is 0.240 e. The van der Waals surface area contributed by atoms with Gasteiger partial charge < -0.3 is 4.74 Å². The predicted molar refractivity (Wildman–Crippen MR) is 80.0 cm³/mol. The molecular weight excluding hydrogens is 304 g/mol. The van der Waals surface area contributed by atoms with Gasteiger partial charge in [0.05, 0.1) is 18.6 Å². The molecule has 0 fully saturated rings. The van der Waals surface area contributed by atoms with E-state index in [1.54, 1.807) is 28.8 Å². The molecule has 0 saturated heterocycles. The number of fused-ring (bicyclic) bond motifs is 1. The average Bonchev–Trinajstić information content (AvgIpc) is 2.96.